The highest BCUT2D eigenvalue weighted by atomic mass is 32.2. The minimum Gasteiger partial charge on any atom is -0.364 e. The van der Waals surface area contributed by atoms with Gasteiger partial charge in [0.15, 0.2) is 20.7 Å². The predicted octanol–water partition coefficient (Wildman–Crippen LogP) is 5.65. The Balaban J connectivity index is 1.43. The summed E-state index contributed by atoms with van der Waals surface area (Å²) < 4.78 is 39.8. The number of nitrogens with one attached hydrogen (secondary N) is 1. The van der Waals surface area contributed by atoms with Crippen molar-refractivity contribution in [2.24, 2.45) is 0 Å². The Hall–Kier alpha value is -2.07. The summed E-state index contributed by atoms with van der Waals surface area (Å²) in [6.45, 7) is 3.97. The molecule has 2 aromatic heterocycles. The largest absolute Gasteiger partial charge is 0.364 e. The molecular weight excluding hydrogens is 494 g/mol. The van der Waals surface area contributed by atoms with Crippen LogP contribution in [0.5, 0.6) is 0 Å². The molecule has 1 N–H and O–H groups in total. The van der Waals surface area contributed by atoms with Gasteiger partial charge in [-0.25, -0.2) is 18.4 Å². The maximum atomic E-state index is 12.8. The number of hydrogen-bond acceptors (Lipinski definition) is 8. The van der Waals surface area contributed by atoms with Crippen LogP contribution >= 0.6 is 11.3 Å². The van der Waals surface area contributed by atoms with Crippen molar-refractivity contribution < 1.29 is 17.9 Å². The maximum Gasteiger partial charge on any atom is 0.193 e. The fraction of sp³-hybridized carbons (Fsp3) is 0.556. The molecule has 3 heterocycles. The normalized spacial score (nSPS) is 25.5. The number of pyridine rings is 1. The Morgan fingerprint density at radius 2 is 1.89 bits per heavy atom. The summed E-state index contributed by atoms with van der Waals surface area (Å²) in [5.41, 5.74) is 3.48. The van der Waals surface area contributed by atoms with Crippen LogP contribution in [-0.2, 0) is 25.7 Å². The van der Waals surface area contributed by atoms with Crippen LogP contribution in [0.25, 0.3) is 20.8 Å². The van der Waals surface area contributed by atoms with Crippen molar-refractivity contribution in [2.45, 2.75) is 94.3 Å². The molecule has 6 rings (SSSR count). The molecule has 192 valence electrons. The van der Waals surface area contributed by atoms with Gasteiger partial charge in [-0.15, -0.1) is 11.3 Å². The van der Waals surface area contributed by atoms with Crippen LogP contribution in [0, 0.1) is 6.92 Å². The number of aromatic nitrogens is 2. The van der Waals surface area contributed by atoms with Gasteiger partial charge < -0.3 is 14.8 Å². The fourth-order valence-electron chi connectivity index (χ4n) is 6.21. The highest BCUT2D eigenvalue weighted by Gasteiger charge is 2.53. The molecule has 0 bridgehead atoms. The van der Waals surface area contributed by atoms with Crippen molar-refractivity contribution in [3.63, 3.8) is 0 Å². The summed E-state index contributed by atoms with van der Waals surface area (Å²) in [4.78, 5) is 9.69. The molecule has 3 atom stereocenters. The second kappa shape index (κ2) is 9.04. The molecule has 3 aromatic rings. The van der Waals surface area contributed by atoms with E-state index in [1.807, 2.05) is 32.0 Å². The minimum atomic E-state index is -3.51. The van der Waals surface area contributed by atoms with Gasteiger partial charge in [0, 0.05) is 19.1 Å². The van der Waals surface area contributed by atoms with Crippen molar-refractivity contribution in [1.29, 1.82) is 0 Å². The second-order valence-electron chi connectivity index (χ2n) is 10.4. The summed E-state index contributed by atoms with van der Waals surface area (Å²) in [7, 11) is -3.51. The van der Waals surface area contributed by atoms with Gasteiger partial charge in [0.25, 0.3) is 0 Å². The standard InChI is InChI=1S/C27H33N3O4S2/c1-4-17-16(2)22(25-29-18-10-6-7-11-21(18)35-25)24(30-26(17)36(3,31)32)28-19-12-13-20-23(19)34-27(33-20)14-8-5-9-15-27/h6-7,10-11,19-20,23H,4-5,8-9,12-15H2,1-3H3,(H,28,30). The first-order valence-electron chi connectivity index (χ1n) is 13.0. The van der Waals surface area contributed by atoms with Crippen LogP contribution in [0.3, 0.4) is 0 Å². The summed E-state index contributed by atoms with van der Waals surface area (Å²) >= 11 is 1.61. The predicted molar refractivity (Wildman–Crippen MR) is 142 cm³/mol. The second-order valence-corrected chi connectivity index (χ2v) is 13.4. The number of para-hydroxylation sites is 1. The molecule has 1 saturated heterocycles. The van der Waals surface area contributed by atoms with E-state index in [2.05, 4.69) is 11.4 Å². The quantitative estimate of drug-likeness (QED) is 0.458. The maximum absolute atomic E-state index is 12.8. The van der Waals surface area contributed by atoms with E-state index >= 15 is 0 Å². The molecule has 0 amide bonds. The van der Waals surface area contributed by atoms with E-state index in [1.165, 1.54) is 12.7 Å². The smallest absolute Gasteiger partial charge is 0.193 e. The van der Waals surface area contributed by atoms with Crippen LogP contribution in [-0.4, -0.2) is 48.7 Å². The SMILES string of the molecule is CCc1c(S(C)(=O)=O)nc(NC2CCC3OC4(CCCCC4)OC23)c(-c2nc3ccccc3s2)c1C. The fourth-order valence-corrected chi connectivity index (χ4v) is 8.28. The van der Waals surface area contributed by atoms with Gasteiger partial charge in [-0.3, -0.25) is 0 Å². The van der Waals surface area contributed by atoms with Crippen LogP contribution in [0.15, 0.2) is 29.3 Å². The molecule has 3 unspecified atom stereocenters. The number of benzene rings is 1. The number of anilines is 1. The zero-order valence-corrected chi connectivity index (χ0v) is 22.7. The van der Waals surface area contributed by atoms with Gasteiger partial charge in [-0.05, 0) is 62.3 Å². The average molecular weight is 528 g/mol. The van der Waals surface area contributed by atoms with Gasteiger partial charge in [0.1, 0.15) is 16.9 Å². The third-order valence-electron chi connectivity index (χ3n) is 7.93. The average Bonchev–Trinajstić information content (AvgIpc) is 3.52. The molecule has 2 saturated carbocycles. The zero-order chi connectivity index (χ0) is 25.1. The molecule has 2 aliphatic carbocycles. The molecule has 1 aromatic carbocycles. The first kappa shape index (κ1) is 24.3. The van der Waals surface area contributed by atoms with Crippen molar-refractivity contribution in [3.05, 3.63) is 35.4 Å². The third-order valence-corrected chi connectivity index (χ3v) is 10.0. The topological polar surface area (TPSA) is 90.4 Å². The van der Waals surface area contributed by atoms with Crippen molar-refractivity contribution in [1.82, 2.24) is 9.97 Å². The lowest BCUT2D eigenvalue weighted by atomic mass is 9.94. The Morgan fingerprint density at radius 1 is 1.11 bits per heavy atom. The van der Waals surface area contributed by atoms with E-state index in [0.29, 0.717) is 12.2 Å². The lowest BCUT2D eigenvalue weighted by Crippen LogP contribution is -2.38. The van der Waals surface area contributed by atoms with Crippen molar-refractivity contribution >= 4 is 37.2 Å². The Labute approximate surface area is 216 Å². The molecule has 0 radical (unpaired) electrons. The van der Waals surface area contributed by atoms with Crippen LogP contribution < -0.4 is 5.32 Å². The highest BCUT2D eigenvalue weighted by Crippen LogP contribution is 2.47. The zero-order valence-electron chi connectivity index (χ0n) is 21.0. The number of hydrogen-bond donors (Lipinski definition) is 1. The van der Waals surface area contributed by atoms with Gasteiger partial charge in [-0.2, -0.15) is 0 Å². The van der Waals surface area contributed by atoms with E-state index in [4.69, 9.17) is 19.4 Å². The first-order chi connectivity index (χ1) is 17.3. The van der Waals surface area contributed by atoms with Crippen molar-refractivity contribution in [2.75, 3.05) is 11.6 Å². The van der Waals surface area contributed by atoms with Crippen LogP contribution in [0.2, 0.25) is 0 Å². The van der Waals surface area contributed by atoms with Gasteiger partial charge in [0.05, 0.1) is 27.9 Å². The number of fused-ring (bicyclic) bond motifs is 2. The molecule has 36 heavy (non-hydrogen) atoms. The minimum absolute atomic E-state index is 0.00350. The molecule has 9 heteroatoms. The van der Waals surface area contributed by atoms with E-state index in [1.54, 1.807) is 11.3 Å². The summed E-state index contributed by atoms with van der Waals surface area (Å²) in [5.74, 6) is 0.125. The van der Waals surface area contributed by atoms with Crippen LogP contribution in [0.1, 0.15) is 63.0 Å². The molecule has 1 spiro atoms. The number of sulfone groups is 1. The molecule has 3 aliphatic rings. The lowest BCUT2D eigenvalue weighted by molar-refractivity contribution is -0.198. The number of ether oxygens (including phenoxy) is 2. The van der Waals surface area contributed by atoms with E-state index < -0.39 is 15.6 Å². The lowest BCUT2D eigenvalue weighted by Gasteiger charge is -2.33. The Kier molecular flexibility index (Phi) is 6.10. The van der Waals surface area contributed by atoms with E-state index in [9.17, 15) is 8.42 Å². The van der Waals surface area contributed by atoms with Crippen LogP contribution in [0.4, 0.5) is 5.82 Å². The first-order valence-corrected chi connectivity index (χ1v) is 15.7. The van der Waals surface area contributed by atoms with E-state index in [-0.39, 0.29) is 23.3 Å². The van der Waals surface area contributed by atoms with E-state index in [0.717, 1.165) is 70.4 Å². The van der Waals surface area contributed by atoms with Gasteiger partial charge >= 0.3 is 0 Å². The van der Waals surface area contributed by atoms with Crippen molar-refractivity contribution in [3.8, 4) is 10.6 Å². The summed E-state index contributed by atoms with van der Waals surface area (Å²) in [6.07, 6.45) is 9.02. The third kappa shape index (κ3) is 4.14. The van der Waals surface area contributed by atoms with Gasteiger partial charge in [-0.1, -0.05) is 25.5 Å². The summed E-state index contributed by atoms with van der Waals surface area (Å²) in [5, 5.41) is 4.63. The number of thiazole rings is 1. The molecule has 3 fully saturated rings. The number of rotatable bonds is 5. The highest BCUT2D eigenvalue weighted by molar-refractivity contribution is 7.90. The molecule has 1 aliphatic heterocycles. The Morgan fingerprint density at radius 3 is 2.61 bits per heavy atom. The Bertz CT molecular complexity index is 1380. The molecular formula is C27H33N3O4S2. The monoisotopic (exact) mass is 527 g/mol. The molecule has 7 nitrogen and oxygen atoms in total. The van der Waals surface area contributed by atoms with Gasteiger partial charge in [0.2, 0.25) is 0 Å². The number of nitrogens with zero attached hydrogens (tertiary/aromatic N) is 2. The summed E-state index contributed by atoms with van der Waals surface area (Å²) in [6, 6.07) is 8.06.